The second-order valence-electron chi connectivity index (χ2n) is 8.56. The quantitative estimate of drug-likeness (QED) is 0.237. The smallest absolute Gasteiger partial charge is 0.248 e. The topological polar surface area (TPSA) is 82.2 Å². The minimum atomic E-state index is -0.280. The molecule has 0 unspecified atom stereocenters. The third-order valence-corrected chi connectivity index (χ3v) is 6.25. The van der Waals surface area contributed by atoms with E-state index in [0.717, 1.165) is 33.6 Å². The fourth-order valence-corrected chi connectivity index (χ4v) is 4.02. The van der Waals surface area contributed by atoms with Crippen LogP contribution in [0.25, 0.3) is 34.1 Å². The summed E-state index contributed by atoms with van der Waals surface area (Å²) < 4.78 is 11.4. The molecule has 1 N–H and O–H groups in total. The van der Waals surface area contributed by atoms with Gasteiger partial charge in [-0.2, -0.15) is 4.80 Å². The summed E-state index contributed by atoms with van der Waals surface area (Å²) in [4.78, 5) is 14.2. The van der Waals surface area contributed by atoms with Crippen LogP contribution in [0.3, 0.4) is 0 Å². The van der Waals surface area contributed by atoms with Gasteiger partial charge in [0.1, 0.15) is 28.3 Å². The Morgan fingerprint density at radius 3 is 2.49 bits per heavy atom. The summed E-state index contributed by atoms with van der Waals surface area (Å²) in [6, 6.07) is 20.7. The molecule has 0 radical (unpaired) electrons. The van der Waals surface area contributed by atoms with Gasteiger partial charge < -0.3 is 14.5 Å². The van der Waals surface area contributed by atoms with Crippen LogP contribution in [0, 0.1) is 13.8 Å². The predicted molar refractivity (Wildman–Crippen MR) is 146 cm³/mol. The lowest BCUT2D eigenvalue weighted by Gasteiger charge is -2.05. The highest BCUT2D eigenvalue weighted by atomic mass is 35.5. The van der Waals surface area contributed by atoms with Gasteiger partial charge in [0.05, 0.1) is 12.3 Å². The van der Waals surface area contributed by atoms with Crippen LogP contribution in [0.1, 0.15) is 23.8 Å². The van der Waals surface area contributed by atoms with Crippen molar-refractivity contribution in [3.05, 3.63) is 94.7 Å². The van der Waals surface area contributed by atoms with Crippen LogP contribution >= 0.6 is 11.6 Å². The van der Waals surface area contributed by atoms with Crippen LogP contribution in [0.2, 0.25) is 5.02 Å². The number of carbonyl (C=O) groups excluding carboxylic acids is 1. The number of benzene rings is 3. The van der Waals surface area contributed by atoms with Crippen molar-refractivity contribution in [3.63, 3.8) is 0 Å². The number of aromatic nitrogens is 3. The van der Waals surface area contributed by atoms with E-state index in [1.54, 1.807) is 10.9 Å². The lowest BCUT2D eigenvalue weighted by atomic mass is 10.1. The molecule has 186 valence electrons. The molecule has 0 fully saturated rings. The van der Waals surface area contributed by atoms with E-state index in [1.165, 1.54) is 6.08 Å². The molecular weight excluding hydrogens is 488 g/mol. The molecule has 0 bridgehead atoms. The van der Waals surface area contributed by atoms with E-state index >= 15 is 0 Å². The number of rotatable bonds is 7. The highest BCUT2D eigenvalue weighted by molar-refractivity contribution is 6.31. The molecule has 2 heterocycles. The average molecular weight is 513 g/mol. The lowest BCUT2D eigenvalue weighted by molar-refractivity contribution is -0.111. The Labute approximate surface area is 219 Å². The van der Waals surface area contributed by atoms with Crippen molar-refractivity contribution in [3.8, 4) is 22.8 Å². The predicted octanol–water partition coefficient (Wildman–Crippen LogP) is 7.00. The molecule has 3 aromatic carbocycles. The summed E-state index contributed by atoms with van der Waals surface area (Å²) >= 11 is 6.23. The number of fused-ring (bicyclic) bond motifs is 1. The number of anilines is 1. The number of furan rings is 1. The van der Waals surface area contributed by atoms with Crippen molar-refractivity contribution in [2.24, 2.45) is 0 Å². The maximum atomic E-state index is 12.6. The summed E-state index contributed by atoms with van der Waals surface area (Å²) in [7, 11) is 0. The molecule has 5 aromatic rings. The molecule has 8 heteroatoms. The zero-order valence-electron chi connectivity index (χ0n) is 20.7. The number of ether oxygens (including phenoxy) is 1. The van der Waals surface area contributed by atoms with Crippen molar-refractivity contribution in [2.75, 3.05) is 11.9 Å². The molecule has 0 atom stereocenters. The van der Waals surface area contributed by atoms with Crippen LogP contribution in [0.4, 0.5) is 5.69 Å². The molecule has 7 nitrogen and oxygen atoms in total. The number of nitrogens with one attached hydrogen (secondary N) is 1. The van der Waals surface area contributed by atoms with Gasteiger partial charge in [0.15, 0.2) is 0 Å². The fraction of sp³-hybridized carbons (Fsp3) is 0.138. The monoisotopic (exact) mass is 512 g/mol. The van der Waals surface area contributed by atoms with Crippen LogP contribution in [-0.4, -0.2) is 27.5 Å². The molecule has 37 heavy (non-hydrogen) atoms. The SMILES string of the molecule is CCOc1ccc(-n2nc3cc(C)c(NC(=O)/C=C/c4ccc(-c5ccc(C)c(Cl)c5)o4)cc3n2)cc1. The van der Waals surface area contributed by atoms with Gasteiger partial charge in [0.2, 0.25) is 5.91 Å². The minimum absolute atomic E-state index is 0.280. The second kappa shape index (κ2) is 10.3. The van der Waals surface area contributed by atoms with Gasteiger partial charge in [0.25, 0.3) is 0 Å². The Bertz CT molecular complexity index is 1620. The number of aryl methyl sites for hydroxylation is 2. The van der Waals surface area contributed by atoms with E-state index in [0.29, 0.717) is 34.4 Å². The zero-order chi connectivity index (χ0) is 25.9. The third kappa shape index (κ3) is 5.42. The van der Waals surface area contributed by atoms with Gasteiger partial charge in [-0.1, -0.05) is 23.7 Å². The first-order valence-electron chi connectivity index (χ1n) is 11.9. The summed E-state index contributed by atoms with van der Waals surface area (Å²) in [5.41, 5.74) is 5.64. The third-order valence-electron chi connectivity index (χ3n) is 5.85. The average Bonchev–Trinajstić information content (AvgIpc) is 3.52. The number of hydrogen-bond acceptors (Lipinski definition) is 5. The number of hydrogen-bond donors (Lipinski definition) is 1. The molecule has 0 saturated heterocycles. The number of nitrogens with zero attached hydrogens (tertiary/aromatic N) is 3. The molecule has 2 aromatic heterocycles. The first-order chi connectivity index (χ1) is 17.9. The first-order valence-corrected chi connectivity index (χ1v) is 12.2. The molecule has 0 aliphatic heterocycles. The molecule has 0 spiro atoms. The Morgan fingerprint density at radius 2 is 1.76 bits per heavy atom. The van der Waals surface area contributed by atoms with Crippen LogP contribution in [-0.2, 0) is 4.79 Å². The summed E-state index contributed by atoms with van der Waals surface area (Å²) in [6.07, 6.45) is 3.07. The molecule has 0 aliphatic rings. The van der Waals surface area contributed by atoms with Crippen molar-refractivity contribution in [1.82, 2.24) is 15.0 Å². The summed E-state index contributed by atoms with van der Waals surface area (Å²) in [6.45, 7) is 6.42. The highest BCUT2D eigenvalue weighted by Gasteiger charge is 2.11. The molecule has 5 rings (SSSR count). The molecular formula is C29H25ClN4O3. The standard InChI is InChI=1S/C29H25ClN4O3/c1-4-36-22-9-7-21(8-10-22)34-32-26-15-19(3)25(17-27(26)33-34)31-29(35)14-12-23-11-13-28(37-23)20-6-5-18(2)24(30)16-20/h5-17H,4H2,1-3H3,(H,31,35)/b14-12+. The lowest BCUT2D eigenvalue weighted by Crippen LogP contribution is -2.08. The zero-order valence-corrected chi connectivity index (χ0v) is 21.4. The van der Waals surface area contributed by atoms with Gasteiger partial charge in [-0.05, 0) is 92.6 Å². The Balaban J connectivity index is 1.29. The number of halogens is 1. The van der Waals surface area contributed by atoms with Crippen molar-refractivity contribution in [1.29, 1.82) is 0 Å². The minimum Gasteiger partial charge on any atom is -0.494 e. The van der Waals surface area contributed by atoms with E-state index in [-0.39, 0.29) is 5.91 Å². The maximum Gasteiger partial charge on any atom is 0.248 e. The number of amides is 1. The fourth-order valence-electron chi connectivity index (χ4n) is 3.84. The van der Waals surface area contributed by atoms with E-state index in [2.05, 4.69) is 15.5 Å². The summed E-state index contributed by atoms with van der Waals surface area (Å²) in [5, 5.41) is 12.7. The van der Waals surface area contributed by atoms with Crippen LogP contribution < -0.4 is 10.1 Å². The Kier molecular flexibility index (Phi) is 6.79. The van der Waals surface area contributed by atoms with Crippen molar-refractivity contribution in [2.45, 2.75) is 20.8 Å². The first kappa shape index (κ1) is 24.3. The molecule has 1 amide bonds. The second-order valence-corrected chi connectivity index (χ2v) is 8.97. The Hall–Kier alpha value is -4.36. The maximum absolute atomic E-state index is 12.6. The van der Waals surface area contributed by atoms with E-state index in [1.807, 2.05) is 87.5 Å². The highest BCUT2D eigenvalue weighted by Crippen LogP contribution is 2.27. The van der Waals surface area contributed by atoms with Crippen molar-refractivity contribution >= 4 is 40.3 Å². The molecule has 0 aliphatic carbocycles. The molecule has 0 saturated carbocycles. The van der Waals surface area contributed by atoms with Gasteiger partial charge in [-0.15, -0.1) is 10.2 Å². The van der Waals surface area contributed by atoms with E-state index < -0.39 is 0 Å². The van der Waals surface area contributed by atoms with Gasteiger partial charge >= 0.3 is 0 Å². The van der Waals surface area contributed by atoms with E-state index in [9.17, 15) is 4.79 Å². The largest absolute Gasteiger partial charge is 0.494 e. The van der Waals surface area contributed by atoms with Crippen molar-refractivity contribution < 1.29 is 13.9 Å². The van der Waals surface area contributed by atoms with Gasteiger partial charge in [-0.25, -0.2) is 0 Å². The Morgan fingerprint density at radius 1 is 1.00 bits per heavy atom. The van der Waals surface area contributed by atoms with Crippen LogP contribution in [0.5, 0.6) is 5.75 Å². The van der Waals surface area contributed by atoms with Gasteiger partial charge in [0, 0.05) is 22.3 Å². The number of carbonyl (C=O) groups is 1. The van der Waals surface area contributed by atoms with Crippen LogP contribution in [0.15, 0.2) is 77.2 Å². The normalized spacial score (nSPS) is 11.4. The summed E-state index contributed by atoms with van der Waals surface area (Å²) in [5.74, 6) is 1.76. The van der Waals surface area contributed by atoms with Gasteiger partial charge in [-0.3, -0.25) is 4.79 Å². The van der Waals surface area contributed by atoms with E-state index in [4.69, 9.17) is 20.8 Å².